The van der Waals surface area contributed by atoms with E-state index < -0.39 is 0 Å². The number of aromatic hydroxyl groups is 2. The first kappa shape index (κ1) is 26.9. The molecule has 0 spiro atoms. The summed E-state index contributed by atoms with van der Waals surface area (Å²) >= 11 is 0. The molecular formula is C26H30O2Zr. The molecule has 2 N–H and O–H groups in total. The Morgan fingerprint density at radius 3 is 1.31 bits per heavy atom. The topological polar surface area (TPSA) is 40.5 Å². The van der Waals surface area contributed by atoms with Gasteiger partial charge in [0.25, 0.3) is 0 Å². The predicted molar refractivity (Wildman–Crippen MR) is 118 cm³/mol. The van der Waals surface area contributed by atoms with Crippen LogP contribution in [0.15, 0.2) is 85.0 Å². The smallest absolute Gasteiger partial charge is 0.508 e. The van der Waals surface area contributed by atoms with Gasteiger partial charge in [0, 0.05) is 0 Å². The number of benzene rings is 2. The molecule has 29 heavy (non-hydrogen) atoms. The Balaban J connectivity index is 0.000000369. The van der Waals surface area contributed by atoms with E-state index in [0.717, 1.165) is 25.7 Å². The molecule has 0 unspecified atom stereocenters. The Morgan fingerprint density at radius 2 is 1.14 bits per heavy atom. The first-order valence-corrected chi connectivity index (χ1v) is 9.65. The predicted octanol–water partition coefficient (Wildman–Crippen LogP) is 6.52. The van der Waals surface area contributed by atoms with E-state index in [-0.39, 0.29) is 26.2 Å². The van der Waals surface area contributed by atoms with E-state index in [9.17, 15) is 0 Å². The van der Waals surface area contributed by atoms with Crippen LogP contribution < -0.4 is 0 Å². The van der Waals surface area contributed by atoms with Crippen molar-refractivity contribution in [1.29, 1.82) is 0 Å². The summed E-state index contributed by atoms with van der Waals surface area (Å²) in [6, 6.07) is 14.6. The van der Waals surface area contributed by atoms with Crippen molar-refractivity contribution in [3.8, 4) is 11.5 Å². The minimum atomic E-state index is 0. The molecule has 0 aromatic heterocycles. The molecule has 2 aromatic carbocycles. The largest absolute Gasteiger partial charge is 2.00 e. The summed E-state index contributed by atoms with van der Waals surface area (Å²) in [6.45, 7) is 4.13. The van der Waals surface area contributed by atoms with Crippen LogP contribution in [0.2, 0.25) is 0 Å². The van der Waals surface area contributed by atoms with Crippen molar-refractivity contribution < 1.29 is 36.4 Å². The van der Waals surface area contributed by atoms with Gasteiger partial charge in [0.05, 0.1) is 0 Å². The van der Waals surface area contributed by atoms with Crippen LogP contribution in [0.1, 0.15) is 37.8 Å². The Kier molecular flexibility index (Phi) is 16.6. The van der Waals surface area contributed by atoms with Crippen LogP contribution in [0.25, 0.3) is 0 Å². The van der Waals surface area contributed by atoms with Gasteiger partial charge < -0.3 is 10.2 Å². The Labute approximate surface area is 195 Å². The zero-order valence-electron chi connectivity index (χ0n) is 17.3. The molecule has 0 heterocycles. The quantitative estimate of drug-likeness (QED) is 0.496. The summed E-state index contributed by atoms with van der Waals surface area (Å²) in [5.74, 6) is 0.712. The van der Waals surface area contributed by atoms with E-state index in [0.29, 0.717) is 11.5 Å². The third kappa shape index (κ3) is 14.5. The SMILES string of the molecule is CCc1cccc(O)c1.CCc1cccc(O)c1.[C-]1=CC=CC1.[C-]1=CC=CC1.[Zr+2]. The van der Waals surface area contributed by atoms with Gasteiger partial charge in [-0.2, -0.15) is 12.2 Å². The molecule has 0 atom stereocenters. The molecule has 3 heteroatoms. The Hall–Kier alpha value is -2.12. The van der Waals surface area contributed by atoms with Gasteiger partial charge in [-0.1, -0.05) is 38.1 Å². The van der Waals surface area contributed by atoms with Gasteiger partial charge >= 0.3 is 26.2 Å². The van der Waals surface area contributed by atoms with E-state index in [2.05, 4.69) is 38.2 Å². The summed E-state index contributed by atoms with van der Waals surface area (Å²) in [7, 11) is 0. The van der Waals surface area contributed by atoms with E-state index in [1.54, 1.807) is 24.3 Å². The Bertz CT molecular complexity index is 701. The van der Waals surface area contributed by atoms with Crippen molar-refractivity contribution in [2.75, 3.05) is 0 Å². The van der Waals surface area contributed by atoms with Crippen molar-refractivity contribution in [3.63, 3.8) is 0 Å². The number of phenols is 2. The second-order valence-corrected chi connectivity index (χ2v) is 6.05. The summed E-state index contributed by atoms with van der Waals surface area (Å²) in [5.41, 5.74) is 2.35. The number of hydrogen-bond donors (Lipinski definition) is 2. The number of aryl methyl sites for hydroxylation is 2. The van der Waals surface area contributed by atoms with Gasteiger partial charge in [0.2, 0.25) is 0 Å². The fraction of sp³-hybridized carbons (Fsp3) is 0.231. The van der Waals surface area contributed by atoms with Crippen molar-refractivity contribution >= 4 is 0 Å². The zero-order chi connectivity index (χ0) is 20.5. The van der Waals surface area contributed by atoms with E-state index in [4.69, 9.17) is 10.2 Å². The molecule has 0 saturated carbocycles. The van der Waals surface area contributed by atoms with E-state index in [1.807, 2.05) is 48.6 Å². The second kappa shape index (κ2) is 17.9. The number of rotatable bonds is 2. The van der Waals surface area contributed by atoms with Crippen LogP contribution >= 0.6 is 0 Å². The second-order valence-electron chi connectivity index (χ2n) is 6.05. The normalized spacial score (nSPS) is 11.9. The molecule has 2 aromatic rings. The number of allylic oxidation sites excluding steroid dienone is 8. The molecule has 2 aliphatic rings. The standard InChI is InChI=1S/2C8H10O.2C5H5.Zr/c2*1-2-7-4-3-5-8(9)6-7;2*1-2-4-5-3-1;/h2*3-6,9H,2H2,1H3;2*1-3H,4H2;/q;;2*-1;+2. The van der Waals surface area contributed by atoms with Gasteiger partial charge in [-0.05, 0) is 48.2 Å². The maximum absolute atomic E-state index is 8.94. The third-order valence-electron chi connectivity index (χ3n) is 3.81. The van der Waals surface area contributed by atoms with Gasteiger partial charge in [-0.25, -0.2) is 24.3 Å². The maximum atomic E-state index is 8.94. The Morgan fingerprint density at radius 1 is 0.724 bits per heavy atom. The zero-order valence-corrected chi connectivity index (χ0v) is 19.8. The third-order valence-corrected chi connectivity index (χ3v) is 3.81. The summed E-state index contributed by atoms with van der Waals surface area (Å²) in [4.78, 5) is 0. The molecule has 0 saturated heterocycles. The van der Waals surface area contributed by atoms with Crippen molar-refractivity contribution in [3.05, 3.63) is 108 Å². The molecule has 0 bridgehead atoms. The average molecular weight is 466 g/mol. The first-order chi connectivity index (χ1) is 13.7. The van der Waals surface area contributed by atoms with Gasteiger partial charge in [0.15, 0.2) is 0 Å². The molecule has 0 fully saturated rings. The van der Waals surface area contributed by atoms with E-state index >= 15 is 0 Å². The first-order valence-electron chi connectivity index (χ1n) is 9.65. The van der Waals surface area contributed by atoms with Crippen LogP contribution in [0.3, 0.4) is 0 Å². The van der Waals surface area contributed by atoms with Crippen molar-refractivity contribution in [1.82, 2.24) is 0 Å². The van der Waals surface area contributed by atoms with Crippen LogP contribution in [0.4, 0.5) is 0 Å². The van der Waals surface area contributed by atoms with Gasteiger partial charge in [-0.15, -0.1) is 12.8 Å². The molecule has 150 valence electrons. The van der Waals surface area contributed by atoms with Crippen LogP contribution in [0.5, 0.6) is 11.5 Å². The van der Waals surface area contributed by atoms with Crippen LogP contribution in [-0.4, -0.2) is 10.2 Å². The molecule has 2 nitrogen and oxygen atoms in total. The van der Waals surface area contributed by atoms with Gasteiger partial charge in [0.1, 0.15) is 11.5 Å². The summed E-state index contributed by atoms with van der Waals surface area (Å²) in [5, 5.41) is 17.9. The maximum Gasteiger partial charge on any atom is 2.00 e. The van der Waals surface area contributed by atoms with Gasteiger partial charge in [-0.3, -0.25) is 12.2 Å². The molecule has 2 aliphatic carbocycles. The molecule has 0 aliphatic heterocycles. The molecular weight excluding hydrogens is 436 g/mol. The molecule has 0 amide bonds. The van der Waals surface area contributed by atoms with Crippen molar-refractivity contribution in [2.45, 2.75) is 39.5 Å². The molecule has 0 radical (unpaired) electrons. The number of hydrogen-bond acceptors (Lipinski definition) is 2. The average Bonchev–Trinajstić information content (AvgIpc) is 3.47. The summed E-state index contributed by atoms with van der Waals surface area (Å²) < 4.78 is 0. The van der Waals surface area contributed by atoms with Crippen LogP contribution in [-0.2, 0) is 39.0 Å². The fourth-order valence-electron chi connectivity index (χ4n) is 2.23. The monoisotopic (exact) mass is 464 g/mol. The van der Waals surface area contributed by atoms with Crippen molar-refractivity contribution in [2.24, 2.45) is 0 Å². The minimum Gasteiger partial charge on any atom is -0.508 e. The van der Waals surface area contributed by atoms with Crippen LogP contribution in [0, 0.1) is 12.2 Å². The number of phenolic OH excluding ortho intramolecular Hbond substituents is 2. The minimum absolute atomic E-state index is 0. The molecule has 4 rings (SSSR count). The fourth-order valence-corrected chi connectivity index (χ4v) is 2.23. The van der Waals surface area contributed by atoms with E-state index in [1.165, 1.54) is 11.1 Å². The summed E-state index contributed by atoms with van der Waals surface area (Å²) in [6.07, 6.45) is 22.0.